The molecule has 0 radical (unpaired) electrons. The van der Waals surface area contributed by atoms with E-state index in [-0.39, 0.29) is 12.3 Å². The van der Waals surface area contributed by atoms with E-state index in [2.05, 4.69) is 10.3 Å². The van der Waals surface area contributed by atoms with E-state index in [4.69, 9.17) is 25.8 Å². The zero-order chi connectivity index (χ0) is 21.7. The predicted molar refractivity (Wildman–Crippen MR) is 114 cm³/mol. The van der Waals surface area contributed by atoms with Gasteiger partial charge in [-0.05, 0) is 35.4 Å². The molecule has 1 N–H and O–H groups in total. The summed E-state index contributed by atoms with van der Waals surface area (Å²) >= 11 is 6.03. The van der Waals surface area contributed by atoms with Crippen LogP contribution in [-0.4, -0.2) is 36.8 Å². The van der Waals surface area contributed by atoms with Crippen molar-refractivity contribution in [3.05, 3.63) is 70.8 Å². The Morgan fingerprint density at radius 1 is 1.10 bits per heavy atom. The Morgan fingerprint density at radius 3 is 2.23 bits per heavy atom. The van der Waals surface area contributed by atoms with Gasteiger partial charge in [0.1, 0.15) is 11.9 Å². The molecule has 158 valence electrons. The van der Waals surface area contributed by atoms with Gasteiger partial charge in [0.25, 0.3) is 0 Å². The summed E-state index contributed by atoms with van der Waals surface area (Å²) in [4.78, 5) is 17.3. The fourth-order valence-corrected chi connectivity index (χ4v) is 3.37. The summed E-state index contributed by atoms with van der Waals surface area (Å²) in [5.74, 6) is 2.02. The SMILES string of the molecule is COc1cc(CC(=O)N[C@@H](c2ccc(Cl)cc2)c2nccn2C)cc(OC)c1OC. The highest BCUT2D eigenvalue weighted by Gasteiger charge is 2.22. The molecule has 3 rings (SSSR count). The molecule has 1 atom stereocenters. The van der Waals surface area contributed by atoms with Crippen molar-refractivity contribution in [1.82, 2.24) is 14.9 Å². The van der Waals surface area contributed by atoms with Gasteiger partial charge in [0.2, 0.25) is 11.7 Å². The molecular weight excluding hydrogens is 406 g/mol. The molecule has 0 saturated carbocycles. The van der Waals surface area contributed by atoms with E-state index in [0.717, 1.165) is 17.0 Å². The number of methoxy groups -OCH3 is 3. The molecule has 1 aromatic heterocycles. The highest BCUT2D eigenvalue weighted by molar-refractivity contribution is 6.30. The van der Waals surface area contributed by atoms with Crippen molar-refractivity contribution >= 4 is 17.5 Å². The number of halogens is 1. The zero-order valence-electron chi connectivity index (χ0n) is 17.3. The monoisotopic (exact) mass is 429 g/mol. The Balaban J connectivity index is 1.86. The van der Waals surface area contributed by atoms with Crippen LogP contribution >= 0.6 is 11.6 Å². The molecule has 8 heteroatoms. The zero-order valence-corrected chi connectivity index (χ0v) is 18.1. The largest absolute Gasteiger partial charge is 0.493 e. The molecule has 1 heterocycles. The maximum atomic E-state index is 12.9. The van der Waals surface area contributed by atoms with Crippen LogP contribution in [0.3, 0.4) is 0 Å². The summed E-state index contributed by atoms with van der Waals surface area (Å²) < 4.78 is 18.0. The van der Waals surface area contributed by atoms with Crippen molar-refractivity contribution < 1.29 is 19.0 Å². The van der Waals surface area contributed by atoms with Gasteiger partial charge in [-0.1, -0.05) is 23.7 Å². The van der Waals surface area contributed by atoms with E-state index in [0.29, 0.717) is 22.3 Å². The lowest BCUT2D eigenvalue weighted by Crippen LogP contribution is -2.32. The average molecular weight is 430 g/mol. The van der Waals surface area contributed by atoms with Gasteiger partial charge in [0.05, 0.1) is 27.8 Å². The first-order chi connectivity index (χ1) is 14.5. The van der Waals surface area contributed by atoms with E-state index in [1.807, 2.05) is 29.9 Å². The number of carbonyl (C=O) groups excluding carboxylic acids is 1. The van der Waals surface area contributed by atoms with Gasteiger partial charge in [-0.2, -0.15) is 0 Å². The average Bonchev–Trinajstić information content (AvgIpc) is 3.17. The van der Waals surface area contributed by atoms with E-state index < -0.39 is 6.04 Å². The van der Waals surface area contributed by atoms with Crippen LogP contribution in [0, 0.1) is 0 Å². The Bertz CT molecular complexity index is 992. The number of nitrogens with zero attached hydrogens (tertiary/aromatic N) is 2. The molecule has 7 nitrogen and oxygen atoms in total. The van der Waals surface area contributed by atoms with Gasteiger partial charge < -0.3 is 24.1 Å². The molecule has 0 aliphatic carbocycles. The second-order valence-corrected chi connectivity index (χ2v) is 7.10. The first-order valence-electron chi connectivity index (χ1n) is 9.27. The standard InChI is InChI=1S/C22H24ClN3O4/c1-26-10-9-24-22(26)20(15-5-7-16(23)8-6-15)25-19(27)13-14-11-17(28-2)21(30-4)18(12-14)29-3/h5-12,20H,13H2,1-4H3,(H,25,27)/t20-/m0/s1. The van der Waals surface area contributed by atoms with E-state index in [1.165, 1.54) is 7.11 Å². The molecule has 30 heavy (non-hydrogen) atoms. The van der Waals surface area contributed by atoms with Crippen LogP contribution in [-0.2, 0) is 18.3 Å². The van der Waals surface area contributed by atoms with Gasteiger partial charge in [-0.15, -0.1) is 0 Å². The maximum Gasteiger partial charge on any atom is 0.225 e. The van der Waals surface area contributed by atoms with Crippen LogP contribution in [0.1, 0.15) is 23.0 Å². The molecule has 2 aromatic carbocycles. The van der Waals surface area contributed by atoms with Gasteiger partial charge >= 0.3 is 0 Å². The predicted octanol–water partition coefficient (Wildman–Crippen LogP) is 3.55. The Kier molecular flexibility index (Phi) is 6.84. The van der Waals surface area contributed by atoms with Crippen molar-refractivity contribution in [2.75, 3.05) is 21.3 Å². The third kappa shape index (κ3) is 4.68. The number of rotatable bonds is 8. The number of amides is 1. The highest BCUT2D eigenvalue weighted by atomic mass is 35.5. The molecule has 0 saturated heterocycles. The minimum Gasteiger partial charge on any atom is -0.493 e. The Morgan fingerprint density at radius 2 is 1.73 bits per heavy atom. The van der Waals surface area contributed by atoms with Gasteiger partial charge in [0.15, 0.2) is 11.5 Å². The lowest BCUT2D eigenvalue weighted by molar-refractivity contribution is -0.121. The van der Waals surface area contributed by atoms with E-state index in [1.54, 1.807) is 44.7 Å². The normalized spacial score (nSPS) is 11.6. The second-order valence-electron chi connectivity index (χ2n) is 6.66. The maximum absolute atomic E-state index is 12.9. The third-order valence-corrected chi connectivity index (χ3v) is 4.97. The molecular formula is C22H24ClN3O4. The molecule has 0 spiro atoms. The van der Waals surface area contributed by atoms with Crippen molar-refractivity contribution in [2.45, 2.75) is 12.5 Å². The lowest BCUT2D eigenvalue weighted by atomic mass is 10.0. The summed E-state index contributed by atoms with van der Waals surface area (Å²) in [5.41, 5.74) is 1.61. The minimum atomic E-state index is -0.420. The molecule has 1 amide bonds. The molecule has 0 aliphatic rings. The third-order valence-electron chi connectivity index (χ3n) is 4.71. The van der Waals surface area contributed by atoms with Gasteiger partial charge in [0, 0.05) is 24.5 Å². The molecule has 0 bridgehead atoms. The number of benzene rings is 2. The van der Waals surface area contributed by atoms with Crippen molar-refractivity contribution in [3.8, 4) is 17.2 Å². The first kappa shape index (κ1) is 21.5. The van der Waals surface area contributed by atoms with Crippen LogP contribution in [0.15, 0.2) is 48.8 Å². The highest BCUT2D eigenvalue weighted by Crippen LogP contribution is 2.38. The van der Waals surface area contributed by atoms with Crippen LogP contribution in [0.2, 0.25) is 5.02 Å². The van der Waals surface area contributed by atoms with E-state index >= 15 is 0 Å². The Labute approximate surface area is 180 Å². The number of aryl methyl sites for hydroxylation is 1. The van der Waals surface area contributed by atoms with Crippen molar-refractivity contribution in [3.63, 3.8) is 0 Å². The fourth-order valence-electron chi connectivity index (χ4n) is 3.24. The lowest BCUT2D eigenvalue weighted by Gasteiger charge is -2.20. The number of aromatic nitrogens is 2. The second kappa shape index (κ2) is 9.54. The van der Waals surface area contributed by atoms with Crippen LogP contribution in [0.4, 0.5) is 0 Å². The molecule has 0 fully saturated rings. The van der Waals surface area contributed by atoms with E-state index in [9.17, 15) is 4.79 Å². The van der Waals surface area contributed by atoms with Crippen LogP contribution in [0.25, 0.3) is 0 Å². The first-order valence-corrected chi connectivity index (χ1v) is 9.65. The van der Waals surface area contributed by atoms with Crippen LogP contribution < -0.4 is 19.5 Å². The molecule has 0 aliphatic heterocycles. The summed E-state index contributed by atoms with van der Waals surface area (Å²) in [6.45, 7) is 0. The number of imidazole rings is 1. The number of hydrogen-bond donors (Lipinski definition) is 1. The number of nitrogens with one attached hydrogen (secondary N) is 1. The Hall–Kier alpha value is -3.19. The molecule has 0 unspecified atom stereocenters. The molecule has 3 aromatic rings. The van der Waals surface area contributed by atoms with Crippen molar-refractivity contribution in [2.24, 2.45) is 7.05 Å². The number of hydrogen-bond acceptors (Lipinski definition) is 5. The number of carbonyl (C=O) groups is 1. The fraction of sp³-hybridized carbons (Fsp3) is 0.273. The summed E-state index contributed by atoms with van der Waals surface area (Å²) in [6, 6.07) is 10.4. The van der Waals surface area contributed by atoms with Crippen molar-refractivity contribution in [1.29, 1.82) is 0 Å². The topological polar surface area (TPSA) is 74.6 Å². The van der Waals surface area contributed by atoms with Crippen LogP contribution in [0.5, 0.6) is 17.2 Å². The number of ether oxygens (including phenoxy) is 3. The van der Waals surface area contributed by atoms with Gasteiger partial charge in [-0.25, -0.2) is 4.98 Å². The summed E-state index contributed by atoms with van der Waals surface area (Å²) in [6.07, 6.45) is 3.67. The summed E-state index contributed by atoms with van der Waals surface area (Å²) in [5, 5.41) is 3.70. The minimum absolute atomic E-state index is 0.130. The quantitative estimate of drug-likeness (QED) is 0.592. The van der Waals surface area contributed by atoms with Gasteiger partial charge in [-0.3, -0.25) is 4.79 Å². The summed E-state index contributed by atoms with van der Waals surface area (Å²) in [7, 11) is 6.50. The smallest absolute Gasteiger partial charge is 0.225 e.